The van der Waals surface area contributed by atoms with Crippen LogP contribution in [0.3, 0.4) is 0 Å². The van der Waals surface area contributed by atoms with Gasteiger partial charge in [-0.1, -0.05) is 17.8 Å². The second-order valence-corrected chi connectivity index (χ2v) is 10.9. The molecule has 42 heavy (non-hydrogen) atoms. The molecule has 2 atom stereocenters. The number of aromatic nitrogens is 1. The zero-order valence-electron chi connectivity index (χ0n) is 21.7. The van der Waals surface area contributed by atoms with E-state index in [-0.39, 0.29) is 23.5 Å². The number of pyridine rings is 1. The number of benzene rings is 3. The van der Waals surface area contributed by atoms with E-state index < -0.39 is 9.85 Å². The van der Waals surface area contributed by atoms with Crippen molar-refractivity contribution >= 4 is 46.2 Å². The predicted molar refractivity (Wildman–Crippen MR) is 162 cm³/mol. The molecule has 0 radical (unpaired) electrons. The molecule has 3 aromatic carbocycles. The van der Waals surface area contributed by atoms with Crippen LogP contribution < -0.4 is 10.2 Å². The lowest BCUT2D eigenvalue weighted by atomic mass is 10.0. The number of nitrogens with zero attached hydrogens (tertiary/aromatic N) is 4. The molecule has 2 aromatic heterocycles. The van der Waals surface area contributed by atoms with Crippen LogP contribution in [0, 0.1) is 20.2 Å². The second kappa shape index (κ2) is 11.4. The molecule has 1 saturated heterocycles. The largest absolute Gasteiger partial charge is 0.459 e. The molecular weight excluding hydrogens is 574 g/mol. The summed E-state index contributed by atoms with van der Waals surface area (Å²) in [7, 11) is 0. The van der Waals surface area contributed by atoms with E-state index in [2.05, 4.69) is 10.3 Å². The van der Waals surface area contributed by atoms with Crippen molar-refractivity contribution < 1.29 is 14.3 Å². The standard InChI is InChI=1S/C30H21N5O5S2/c36-34(37)21-6-4-19(5-7-21)26-16-17-27(40-26)29-28(25-3-1-2-18-31-25)32-30(41)33(29)20-8-12-23(13-9-20)42-24-14-10-22(11-15-24)35(38)39/h1-18,28-29H,(H,32,41)/t28-,29-/m0/s1. The number of nitrogens with one attached hydrogen (secondary N) is 1. The summed E-state index contributed by atoms with van der Waals surface area (Å²) in [5.41, 5.74) is 2.41. The van der Waals surface area contributed by atoms with E-state index in [0.717, 1.165) is 21.2 Å². The topological polar surface area (TPSA) is 128 Å². The van der Waals surface area contributed by atoms with Gasteiger partial charge in [-0.25, -0.2) is 0 Å². The molecule has 0 unspecified atom stereocenters. The third-order valence-electron chi connectivity index (χ3n) is 6.78. The van der Waals surface area contributed by atoms with Gasteiger partial charge in [-0.05, 0) is 85.0 Å². The van der Waals surface area contributed by atoms with Gasteiger partial charge in [-0.3, -0.25) is 25.2 Å². The summed E-state index contributed by atoms with van der Waals surface area (Å²) < 4.78 is 6.34. The maximum atomic E-state index is 11.1. The van der Waals surface area contributed by atoms with Gasteiger partial charge in [0.2, 0.25) is 0 Å². The Balaban J connectivity index is 1.31. The third kappa shape index (κ3) is 5.45. The van der Waals surface area contributed by atoms with Gasteiger partial charge in [0.05, 0.1) is 21.6 Å². The highest BCUT2D eigenvalue weighted by molar-refractivity contribution is 7.99. The molecule has 1 N–H and O–H groups in total. The molecule has 0 saturated carbocycles. The Labute approximate surface area is 249 Å². The molecule has 0 bridgehead atoms. The van der Waals surface area contributed by atoms with Crippen molar-refractivity contribution in [3.05, 3.63) is 141 Å². The van der Waals surface area contributed by atoms with E-state index in [9.17, 15) is 20.2 Å². The van der Waals surface area contributed by atoms with Gasteiger partial charge in [0.15, 0.2) is 5.11 Å². The van der Waals surface area contributed by atoms with Crippen LogP contribution in [0.4, 0.5) is 17.1 Å². The fourth-order valence-electron chi connectivity index (χ4n) is 4.78. The second-order valence-electron chi connectivity index (χ2n) is 9.35. The van der Waals surface area contributed by atoms with E-state index in [1.54, 1.807) is 30.5 Å². The molecule has 1 aliphatic heterocycles. The number of nitro benzene ring substituents is 2. The quantitative estimate of drug-likeness (QED) is 0.109. The summed E-state index contributed by atoms with van der Waals surface area (Å²) in [6.45, 7) is 0. The van der Waals surface area contributed by atoms with Crippen LogP contribution in [0.5, 0.6) is 0 Å². The molecule has 5 aromatic rings. The molecular formula is C30H21N5O5S2. The van der Waals surface area contributed by atoms with Crippen molar-refractivity contribution in [3.63, 3.8) is 0 Å². The lowest BCUT2D eigenvalue weighted by Crippen LogP contribution is -2.29. The van der Waals surface area contributed by atoms with Crippen molar-refractivity contribution in [1.29, 1.82) is 0 Å². The first-order chi connectivity index (χ1) is 20.4. The fourth-order valence-corrected chi connectivity index (χ4v) is 5.95. The van der Waals surface area contributed by atoms with Gasteiger partial charge >= 0.3 is 0 Å². The van der Waals surface area contributed by atoms with Gasteiger partial charge in [0.25, 0.3) is 11.4 Å². The average molecular weight is 596 g/mol. The number of hydrogen-bond donors (Lipinski definition) is 1. The lowest BCUT2D eigenvalue weighted by Gasteiger charge is -2.26. The number of rotatable bonds is 8. The zero-order chi connectivity index (χ0) is 29.2. The molecule has 1 aliphatic rings. The first kappa shape index (κ1) is 27.1. The van der Waals surface area contributed by atoms with Crippen LogP contribution in [-0.2, 0) is 0 Å². The Morgan fingerprint density at radius 1 is 0.810 bits per heavy atom. The van der Waals surface area contributed by atoms with Crippen molar-refractivity contribution in [2.24, 2.45) is 0 Å². The first-order valence-corrected chi connectivity index (χ1v) is 14.0. The van der Waals surface area contributed by atoms with E-state index in [1.165, 1.54) is 36.0 Å². The molecule has 1 fully saturated rings. The normalized spacial score (nSPS) is 16.3. The summed E-state index contributed by atoms with van der Waals surface area (Å²) in [4.78, 5) is 29.6. The number of furan rings is 1. The minimum absolute atomic E-state index is 0.00690. The zero-order valence-corrected chi connectivity index (χ0v) is 23.3. The van der Waals surface area contributed by atoms with Crippen LogP contribution >= 0.6 is 24.0 Å². The Hall–Kier alpha value is -5.07. The van der Waals surface area contributed by atoms with E-state index >= 15 is 0 Å². The van der Waals surface area contributed by atoms with Gasteiger partial charge < -0.3 is 14.6 Å². The maximum absolute atomic E-state index is 11.1. The van der Waals surface area contributed by atoms with Crippen molar-refractivity contribution in [2.45, 2.75) is 21.9 Å². The molecule has 0 amide bonds. The van der Waals surface area contributed by atoms with E-state index in [1.807, 2.05) is 59.5 Å². The Morgan fingerprint density at radius 3 is 2.02 bits per heavy atom. The summed E-state index contributed by atoms with van der Waals surface area (Å²) in [5, 5.41) is 25.9. The molecule has 12 heteroatoms. The fraction of sp³-hybridized carbons (Fsp3) is 0.0667. The van der Waals surface area contributed by atoms with Crippen LogP contribution in [0.2, 0.25) is 0 Å². The monoisotopic (exact) mass is 595 g/mol. The lowest BCUT2D eigenvalue weighted by molar-refractivity contribution is -0.385. The van der Waals surface area contributed by atoms with Crippen LogP contribution in [0.25, 0.3) is 11.3 Å². The number of nitro groups is 2. The summed E-state index contributed by atoms with van der Waals surface area (Å²) in [5.74, 6) is 1.22. The van der Waals surface area contributed by atoms with Crippen LogP contribution in [0.1, 0.15) is 23.5 Å². The Kier molecular flexibility index (Phi) is 7.38. The van der Waals surface area contributed by atoms with Crippen molar-refractivity contribution in [2.75, 3.05) is 4.90 Å². The van der Waals surface area contributed by atoms with Gasteiger partial charge in [0, 0.05) is 51.5 Å². The molecule has 0 spiro atoms. The SMILES string of the molecule is O=[N+]([O-])c1ccc(Sc2ccc(N3C(=S)N[C@@H](c4ccccn4)[C@@H]3c3ccc(-c4ccc([N+](=O)[O-])cc4)o3)cc2)cc1. The number of thiocarbonyl (C=S) groups is 1. The minimum Gasteiger partial charge on any atom is -0.459 e. The summed E-state index contributed by atoms with van der Waals surface area (Å²) in [6, 6.07) is 29.3. The van der Waals surface area contributed by atoms with E-state index in [4.69, 9.17) is 16.6 Å². The molecule has 6 rings (SSSR count). The first-order valence-electron chi connectivity index (χ1n) is 12.7. The van der Waals surface area contributed by atoms with Gasteiger partial charge in [-0.2, -0.15) is 0 Å². The number of hydrogen-bond acceptors (Lipinski definition) is 8. The van der Waals surface area contributed by atoms with Crippen LogP contribution in [0.15, 0.2) is 124 Å². The maximum Gasteiger partial charge on any atom is 0.269 e. The molecule has 208 valence electrons. The minimum atomic E-state index is -0.437. The Bertz CT molecular complexity index is 1760. The third-order valence-corrected chi connectivity index (χ3v) is 8.11. The highest BCUT2D eigenvalue weighted by Gasteiger charge is 2.42. The van der Waals surface area contributed by atoms with Crippen molar-refractivity contribution in [1.82, 2.24) is 10.3 Å². The summed E-state index contributed by atoms with van der Waals surface area (Å²) >= 11 is 7.31. The number of anilines is 1. The highest BCUT2D eigenvalue weighted by Crippen LogP contribution is 2.43. The predicted octanol–water partition coefficient (Wildman–Crippen LogP) is 7.49. The molecule has 10 nitrogen and oxygen atoms in total. The van der Waals surface area contributed by atoms with Gasteiger partial charge in [0.1, 0.15) is 17.6 Å². The molecule has 3 heterocycles. The van der Waals surface area contributed by atoms with Gasteiger partial charge in [-0.15, -0.1) is 0 Å². The number of non-ortho nitro benzene ring substituents is 2. The van der Waals surface area contributed by atoms with Crippen LogP contribution in [-0.4, -0.2) is 19.9 Å². The molecule has 0 aliphatic carbocycles. The highest BCUT2D eigenvalue weighted by atomic mass is 32.2. The smallest absolute Gasteiger partial charge is 0.269 e. The Morgan fingerprint density at radius 2 is 1.43 bits per heavy atom. The van der Waals surface area contributed by atoms with Crippen molar-refractivity contribution in [3.8, 4) is 11.3 Å². The average Bonchev–Trinajstić information content (AvgIpc) is 3.63. The summed E-state index contributed by atoms with van der Waals surface area (Å²) in [6.07, 6.45) is 1.73. The van der Waals surface area contributed by atoms with E-state index in [0.29, 0.717) is 22.2 Å².